The molecule has 0 aromatic heterocycles. The Kier molecular flexibility index (Phi) is 13.1. The molecule has 0 spiro atoms. The minimum absolute atomic E-state index is 0.219. The van der Waals surface area contributed by atoms with E-state index in [-0.39, 0.29) is 12.2 Å². The van der Waals surface area contributed by atoms with Gasteiger partial charge in [0.25, 0.3) is 0 Å². The predicted molar refractivity (Wildman–Crippen MR) is 124 cm³/mol. The molecule has 10 nitrogen and oxygen atoms in total. The van der Waals surface area contributed by atoms with Crippen molar-refractivity contribution in [2.45, 2.75) is 91.0 Å². The van der Waals surface area contributed by atoms with E-state index in [1.807, 2.05) is 6.92 Å². The van der Waals surface area contributed by atoms with Crippen molar-refractivity contribution >= 4 is 35.8 Å². The third kappa shape index (κ3) is 15.6. The summed E-state index contributed by atoms with van der Waals surface area (Å²) in [6, 6.07) is -2.04. The number of thioether (sulfide) groups is 1. The van der Waals surface area contributed by atoms with Crippen LogP contribution in [0.4, 0.5) is 9.59 Å². The number of carboxylic acids is 1. The van der Waals surface area contributed by atoms with E-state index in [0.717, 1.165) is 0 Å². The molecule has 0 unspecified atom stereocenters. The van der Waals surface area contributed by atoms with Crippen molar-refractivity contribution in [2.75, 3.05) is 18.1 Å². The van der Waals surface area contributed by atoms with Crippen LogP contribution in [0.3, 0.4) is 0 Å². The Morgan fingerprint density at radius 1 is 0.875 bits per heavy atom. The molecular formula is C21H39N3O7S. The van der Waals surface area contributed by atoms with E-state index >= 15 is 0 Å². The van der Waals surface area contributed by atoms with Gasteiger partial charge in [-0.2, -0.15) is 11.8 Å². The van der Waals surface area contributed by atoms with E-state index in [9.17, 15) is 24.3 Å². The standard InChI is InChI=1S/C21H39N3O7S/c1-8-32-13-15(17(26)27)23-16(25)14(24-19(29)31-21(5,6)7)11-9-10-12-22-18(28)30-20(2,3)4/h14-15H,8-13H2,1-7H3,(H,22,28)(H,23,25)(H,24,29)(H,26,27)/t14-,15-/m0/s1. The molecule has 0 aliphatic heterocycles. The van der Waals surface area contributed by atoms with Gasteiger partial charge >= 0.3 is 18.2 Å². The zero-order valence-corrected chi connectivity index (χ0v) is 21.0. The van der Waals surface area contributed by atoms with E-state index < -0.39 is 47.3 Å². The molecule has 0 rings (SSSR count). The Morgan fingerprint density at radius 3 is 1.94 bits per heavy atom. The summed E-state index contributed by atoms with van der Waals surface area (Å²) in [4.78, 5) is 48.0. The molecule has 2 atom stereocenters. The molecule has 0 fully saturated rings. The minimum Gasteiger partial charge on any atom is -0.480 e. The van der Waals surface area contributed by atoms with Gasteiger partial charge in [0, 0.05) is 12.3 Å². The largest absolute Gasteiger partial charge is 0.480 e. The number of nitrogens with one attached hydrogen (secondary N) is 3. The van der Waals surface area contributed by atoms with Crippen LogP contribution in [-0.2, 0) is 19.1 Å². The maximum absolute atomic E-state index is 12.7. The van der Waals surface area contributed by atoms with Crippen molar-refractivity contribution in [3.63, 3.8) is 0 Å². The van der Waals surface area contributed by atoms with Crippen LogP contribution in [0.25, 0.3) is 0 Å². The molecule has 3 amide bonds. The van der Waals surface area contributed by atoms with Gasteiger partial charge in [-0.1, -0.05) is 6.92 Å². The Labute approximate surface area is 194 Å². The Balaban J connectivity index is 4.89. The molecule has 32 heavy (non-hydrogen) atoms. The number of rotatable bonds is 12. The van der Waals surface area contributed by atoms with Crippen molar-refractivity contribution in [2.24, 2.45) is 0 Å². The fourth-order valence-corrected chi connectivity index (χ4v) is 3.08. The predicted octanol–water partition coefficient (Wildman–Crippen LogP) is 2.90. The molecule has 0 bridgehead atoms. The normalized spacial score (nSPS) is 13.5. The van der Waals surface area contributed by atoms with E-state index in [0.29, 0.717) is 25.1 Å². The number of aliphatic carboxylic acids is 1. The number of unbranched alkanes of at least 4 members (excludes halogenated alkanes) is 1. The minimum atomic E-state index is -1.14. The van der Waals surface area contributed by atoms with E-state index in [4.69, 9.17) is 9.47 Å². The van der Waals surface area contributed by atoms with Crippen LogP contribution in [-0.4, -0.2) is 70.5 Å². The van der Waals surface area contributed by atoms with Crippen molar-refractivity contribution in [3.05, 3.63) is 0 Å². The molecule has 0 aromatic rings. The molecular weight excluding hydrogens is 438 g/mol. The molecule has 4 N–H and O–H groups in total. The highest BCUT2D eigenvalue weighted by molar-refractivity contribution is 7.99. The average molecular weight is 478 g/mol. The second-order valence-electron chi connectivity index (χ2n) is 9.18. The van der Waals surface area contributed by atoms with Gasteiger partial charge in [0.15, 0.2) is 0 Å². The molecule has 0 aliphatic carbocycles. The summed E-state index contributed by atoms with van der Waals surface area (Å²) in [6.45, 7) is 12.6. The fraction of sp³-hybridized carbons (Fsp3) is 0.810. The zero-order valence-electron chi connectivity index (χ0n) is 20.2. The number of hydrogen-bond donors (Lipinski definition) is 4. The topological polar surface area (TPSA) is 143 Å². The second-order valence-corrected chi connectivity index (χ2v) is 10.5. The van der Waals surface area contributed by atoms with Crippen LogP contribution in [0.1, 0.15) is 67.7 Å². The first kappa shape index (κ1) is 29.8. The Hall–Kier alpha value is -2.17. The SMILES string of the molecule is CCSC[C@H](NC(=O)[C@H](CCCCNC(=O)OC(C)(C)C)NC(=O)OC(C)(C)C)C(=O)O. The smallest absolute Gasteiger partial charge is 0.408 e. The van der Waals surface area contributed by atoms with Crippen LogP contribution < -0.4 is 16.0 Å². The van der Waals surface area contributed by atoms with Crippen LogP contribution in [0.5, 0.6) is 0 Å². The van der Waals surface area contributed by atoms with E-state index in [1.54, 1.807) is 41.5 Å². The zero-order chi connectivity index (χ0) is 24.9. The van der Waals surface area contributed by atoms with Gasteiger partial charge < -0.3 is 30.5 Å². The molecule has 0 aliphatic rings. The summed E-state index contributed by atoms with van der Waals surface area (Å²) < 4.78 is 10.4. The number of carbonyl (C=O) groups excluding carboxylic acids is 3. The van der Waals surface area contributed by atoms with Crippen LogP contribution in [0, 0.1) is 0 Å². The first-order valence-corrected chi connectivity index (χ1v) is 11.9. The van der Waals surface area contributed by atoms with Gasteiger partial charge in [-0.15, -0.1) is 0 Å². The summed E-state index contributed by atoms with van der Waals surface area (Å²) in [6.07, 6.45) is -0.0252. The van der Waals surface area contributed by atoms with Gasteiger partial charge in [-0.25, -0.2) is 14.4 Å². The van der Waals surface area contributed by atoms with Crippen molar-refractivity contribution in [1.29, 1.82) is 0 Å². The highest BCUT2D eigenvalue weighted by Crippen LogP contribution is 2.10. The van der Waals surface area contributed by atoms with Crippen molar-refractivity contribution in [3.8, 4) is 0 Å². The highest BCUT2D eigenvalue weighted by Gasteiger charge is 2.28. The molecule has 11 heteroatoms. The van der Waals surface area contributed by atoms with Gasteiger partial charge in [-0.05, 0) is 66.6 Å². The third-order valence-electron chi connectivity index (χ3n) is 3.70. The maximum atomic E-state index is 12.7. The lowest BCUT2D eigenvalue weighted by Crippen LogP contribution is -2.53. The number of hydrogen-bond acceptors (Lipinski definition) is 7. The number of amides is 3. The lowest BCUT2D eigenvalue weighted by molar-refractivity contribution is -0.141. The number of carbonyl (C=O) groups is 4. The Bertz CT molecular complexity index is 630. The number of carboxylic acid groups (broad SMARTS) is 1. The molecule has 186 valence electrons. The number of alkyl carbamates (subject to hydrolysis) is 2. The van der Waals surface area contributed by atoms with Crippen LogP contribution >= 0.6 is 11.8 Å². The van der Waals surface area contributed by atoms with Crippen molar-refractivity contribution < 1.29 is 33.8 Å². The summed E-state index contributed by atoms with van der Waals surface area (Å²) in [5.41, 5.74) is -1.34. The van der Waals surface area contributed by atoms with E-state index in [1.165, 1.54) is 11.8 Å². The van der Waals surface area contributed by atoms with Crippen molar-refractivity contribution in [1.82, 2.24) is 16.0 Å². The fourth-order valence-electron chi connectivity index (χ4n) is 2.38. The molecule has 0 aromatic carbocycles. The first-order chi connectivity index (χ1) is 14.6. The van der Waals surface area contributed by atoms with Gasteiger partial charge in [0.2, 0.25) is 5.91 Å². The monoisotopic (exact) mass is 477 g/mol. The molecule has 0 saturated heterocycles. The van der Waals surface area contributed by atoms with Gasteiger partial charge in [0.05, 0.1) is 0 Å². The molecule has 0 saturated carbocycles. The maximum Gasteiger partial charge on any atom is 0.408 e. The highest BCUT2D eigenvalue weighted by atomic mass is 32.2. The Morgan fingerprint density at radius 2 is 1.44 bits per heavy atom. The van der Waals surface area contributed by atoms with Gasteiger partial charge in [-0.3, -0.25) is 4.79 Å². The number of ether oxygens (including phenoxy) is 2. The van der Waals surface area contributed by atoms with E-state index in [2.05, 4.69) is 16.0 Å². The average Bonchev–Trinajstić information content (AvgIpc) is 2.60. The summed E-state index contributed by atoms with van der Waals surface area (Å²) >= 11 is 1.39. The van der Waals surface area contributed by atoms with Gasteiger partial charge in [0.1, 0.15) is 23.3 Å². The van der Waals surface area contributed by atoms with Crippen LogP contribution in [0.2, 0.25) is 0 Å². The van der Waals surface area contributed by atoms with Crippen LogP contribution in [0.15, 0.2) is 0 Å². The summed E-state index contributed by atoms with van der Waals surface area (Å²) in [7, 11) is 0. The summed E-state index contributed by atoms with van der Waals surface area (Å²) in [5, 5.41) is 17.0. The second kappa shape index (κ2) is 14.1. The third-order valence-corrected chi connectivity index (χ3v) is 4.68. The lowest BCUT2D eigenvalue weighted by Gasteiger charge is -2.24. The quantitative estimate of drug-likeness (QED) is 0.314. The first-order valence-electron chi connectivity index (χ1n) is 10.7. The molecule has 0 heterocycles. The lowest BCUT2D eigenvalue weighted by atomic mass is 10.1. The summed E-state index contributed by atoms with van der Waals surface area (Å²) in [5.74, 6) is -0.808. The molecule has 0 radical (unpaired) electrons.